The van der Waals surface area contributed by atoms with Gasteiger partial charge in [-0.25, -0.2) is 0 Å². The van der Waals surface area contributed by atoms with Crippen molar-refractivity contribution in [1.29, 1.82) is 0 Å². The lowest BCUT2D eigenvalue weighted by molar-refractivity contribution is 0.00192. The van der Waals surface area contributed by atoms with E-state index in [4.69, 9.17) is 27.5 Å². The predicted molar refractivity (Wildman–Crippen MR) is 92.7 cm³/mol. The minimum absolute atomic E-state index is 0.424. The van der Waals surface area contributed by atoms with Crippen molar-refractivity contribution in [2.75, 3.05) is 59.5 Å². The minimum atomic E-state index is -2.75. The van der Waals surface area contributed by atoms with Crippen LogP contribution in [-0.4, -0.2) is 68.3 Å². The maximum absolute atomic E-state index is 6.06. The van der Waals surface area contributed by atoms with Crippen LogP contribution in [0.5, 0.6) is 0 Å². The van der Waals surface area contributed by atoms with E-state index in [1.54, 1.807) is 0 Å². The number of hydrogen-bond donors (Lipinski definition) is 0. The summed E-state index contributed by atoms with van der Waals surface area (Å²) in [5.74, 6) is 0.424. The molecule has 0 atom stereocenters. The molecule has 0 rings (SSSR count). The predicted octanol–water partition coefficient (Wildman–Crippen LogP) is 2.74. The van der Waals surface area contributed by atoms with Crippen LogP contribution in [-0.2, 0) is 27.5 Å². The van der Waals surface area contributed by atoms with Crippen LogP contribution >= 0.6 is 0 Å². The van der Waals surface area contributed by atoms with E-state index in [1.807, 2.05) is 20.8 Å². The van der Waals surface area contributed by atoms with Gasteiger partial charge in [-0.1, -0.05) is 13.8 Å². The Balaban J connectivity index is 4.58. The molecule has 23 heavy (non-hydrogen) atoms. The standard InChI is InChI=1S/C16H36O6Si/c1-6-17-9-12-20-23(15-16(4)5,21-13-10-18-7-2)22-14-11-19-8-3/h16H,6-15H2,1-5H3. The van der Waals surface area contributed by atoms with Crippen molar-refractivity contribution in [2.24, 2.45) is 5.92 Å². The smallest absolute Gasteiger partial charge is 0.379 e. The Kier molecular flexibility index (Phi) is 15.5. The van der Waals surface area contributed by atoms with Crippen LogP contribution < -0.4 is 0 Å². The van der Waals surface area contributed by atoms with Crippen molar-refractivity contribution in [3.63, 3.8) is 0 Å². The zero-order chi connectivity index (χ0) is 17.4. The summed E-state index contributed by atoms with van der Waals surface area (Å²) in [5.41, 5.74) is 0. The van der Waals surface area contributed by atoms with Gasteiger partial charge in [0.1, 0.15) is 0 Å². The average Bonchev–Trinajstić information content (AvgIpc) is 2.52. The fraction of sp³-hybridized carbons (Fsp3) is 1.00. The summed E-state index contributed by atoms with van der Waals surface area (Å²) in [6.45, 7) is 15.3. The zero-order valence-electron chi connectivity index (χ0n) is 15.6. The van der Waals surface area contributed by atoms with Crippen molar-refractivity contribution in [3.8, 4) is 0 Å². The van der Waals surface area contributed by atoms with Gasteiger partial charge in [-0.05, 0) is 26.7 Å². The van der Waals surface area contributed by atoms with Gasteiger partial charge < -0.3 is 27.5 Å². The number of rotatable bonds is 17. The molecule has 0 aromatic heterocycles. The van der Waals surface area contributed by atoms with Crippen molar-refractivity contribution >= 4 is 8.80 Å². The van der Waals surface area contributed by atoms with Gasteiger partial charge in [0.15, 0.2) is 0 Å². The summed E-state index contributed by atoms with van der Waals surface area (Å²) in [4.78, 5) is 0. The van der Waals surface area contributed by atoms with Crippen molar-refractivity contribution in [1.82, 2.24) is 0 Å². The molecule has 0 radical (unpaired) electrons. The molecule has 0 aliphatic rings. The highest BCUT2D eigenvalue weighted by atomic mass is 28.4. The quantitative estimate of drug-likeness (QED) is 0.296. The first-order chi connectivity index (χ1) is 11.1. The molecule has 140 valence electrons. The molecular formula is C16H36O6Si. The van der Waals surface area contributed by atoms with E-state index in [2.05, 4.69) is 13.8 Å². The number of hydrogen-bond acceptors (Lipinski definition) is 6. The van der Waals surface area contributed by atoms with Gasteiger partial charge in [-0.15, -0.1) is 0 Å². The Hall–Kier alpha value is -0.0231. The van der Waals surface area contributed by atoms with Gasteiger partial charge in [0.25, 0.3) is 0 Å². The van der Waals surface area contributed by atoms with Crippen molar-refractivity contribution in [2.45, 2.75) is 40.7 Å². The van der Waals surface area contributed by atoms with Gasteiger partial charge in [0, 0.05) is 25.9 Å². The summed E-state index contributed by atoms with van der Waals surface area (Å²) in [7, 11) is -2.75. The van der Waals surface area contributed by atoms with E-state index in [9.17, 15) is 0 Å². The molecule has 0 amide bonds. The maximum Gasteiger partial charge on any atom is 0.501 e. The molecule has 0 bridgehead atoms. The fourth-order valence-corrected chi connectivity index (χ4v) is 4.79. The molecule has 7 heteroatoms. The first-order valence-corrected chi connectivity index (χ1v) is 10.7. The summed E-state index contributed by atoms with van der Waals surface area (Å²) >= 11 is 0. The molecule has 0 aliphatic carbocycles. The lowest BCUT2D eigenvalue weighted by Crippen LogP contribution is -2.49. The zero-order valence-corrected chi connectivity index (χ0v) is 16.6. The molecule has 0 saturated heterocycles. The van der Waals surface area contributed by atoms with E-state index in [-0.39, 0.29) is 0 Å². The van der Waals surface area contributed by atoms with E-state index in [0.717, 1.165) is 6.04 Å². The van der Waals surface area contributed by atoms with Crippen LogP contribution in [0, 0.1) is 5.92 Å². The van der Waals surface area contributed by atoms with Gasteiger partial charge in [-0.2, -0.15) is 0 Å². The first kappa shape index (κ1) is 23.0. The van der Waals surface area contributed by atoms with Crippen molar-refractivity contribution < 1.29 is 27.5 Å². The monoisotopic (exact) mass is 352 g/mol. The van der Waals surface area contributed by atoms with E-state index < -0.39 is 8.80 Å². The highest BCUT2D eigenvalue weighted by molar-refractivity contribution is 6.60. The molecule has 0 saturated carbocycles. The second-order valence-electron chi connectivity index (χ2n) is 5.42. The Morgan fingerprint density at radius 1 is 0.609 bits per heavy atom. The Morgan fingerprint density at radius 3 is 1.22 bits per heavy atom. The van der Waals surface area contributed by atoms with E-state index in [0.29, 0.717) is 65.4 Å². The normalized spacial score (nSPS) is 12.3. The van der Waals surface area contributed by atoms with E-state index >= 15 is 0 Å². The van der Waals surface area contributed by atoms with Crippen LogP contribution in [0.3, 0.4) is 0 Å². The molecule has 0 N–H and O–H groups in total. The minimum Gasteiger partial charge on any atom is -0.379 e. The van der Waals surface area contributed by atoms with Crippen LogP contribution in [0.25, 0.3) is 0 Å². The highest BCUT2D eigenvalue weighted by Gasteiger charge is 2.42. The second-order valence-corrected chi connectivity index (χ2v) is 8.06. The topological polar surface area (TPSA) is 55.4 Å². The summed E-state index contributed by atoms with van der Waals surface area (Å²) in [6.07, 6.45) is 0. The van der Waals surface area contributed by atoms with Gasteiger partial charge in [0.2, 0.25) is 0 Å². The Bertz CT molecular complexity index is 221. The molecule has 0 aliphatic heterocycles. The van der Waals surface area contributed by atoms with Gasteiger partial charge in [-0.3, -0.25) is 0 Å². The summed E-state index contributed by atoms with van der Waals surface area (Å²) in [6, 6.07) is 0.775. The molecule has 0 heterocycles. The third-order valence-electron chi connectivity index (χ3n) is 2.92. The van der Waals surface area contributed by atoms with E-state index in [1.165, 1.54) is 0 Å². The molecular weight excluding hydrogens is 316 g/mol. The molecule has 0 aromatic rings. The second kappa shape index (κ2) is 15.5. The third kappa shape index (κ3) is 13.0. The molecule has 6 nitrogen and oxygen atoms in total. The fourth-order valence-electron chi connectivity index (χ4n) is 2.00. The largest absolute Gasteiger partial charge is 0.501 e. The lowest BCUT2D eigenvalue weighted by Gasteiger charge is -2.31. The molecule has 0 aromatic carbocycles. The summed E-state index contributed by atoms with van der Waals surface area (Å²) in [5, 5.41) is 0. The molecule has 0 fully saturated rings. The third-order valence-corrected chi connectivity index (χ3v) is 6.17. The Labute approximate surface area is 143 Å². The maximum atomic E-state index is 6.06. The first-order valence-electron chi connectivity index (χ1n) is 8.75. The summed E-state index contributed by atoms with van der Waals surface area (Å²) < 4.78 is 34.3. The lowest BCUT2D eigenvalue weighted by atomic mass is 10.3. The SMILES string of the molecule is CCOCCO[Si](CC(C)C)(OCCOCC)OCCOCC. The average molecular weight is 353 g/mol. The number of ether oxygens (including phenoxy) is 3. The van der Waals surface area contributed by atoms with Crippen LogP contribution in [0.2, 0.25) is 6.04 Å². The van der Waals surface area contributed by atoms with Crippen LogP contribution in [0.1, 0.15) is 34.6 Å². The van der Waals surface area contributed by atoms with Crippen LogP contribution in [0.15, 0.2) is 0 Å². The van der Waals surface area contributed by atoms with Crippen LogP contribution in [0.4, 0.5) is 0 Å². The van der Waals surface area contributed by atoms with Crippen molar-refractivity contribution in [3.05, 3.63) is 0 Å². The Morgan fingerprint density at radius 2 is 0.957 bits per heavy atom. The highest BCUT2D eigenvalue weighted by Crippen LogP contribution is 2.21. The van der Waals surface area contributed by atoms with Gasteiger partial charge >= 0.3 is 8.80 Å². The molecule has 0 spiro atoms. The van der Waals surface area contributed by atoms with Gasteiger partial charge in [0.05, 0.1) is 39.6 Å². The molecule has 0 unspecified atom stereocenters.